The Balaban J connectivity index is 1.59. The maximum atomic E-state index is 13.2. The van der Waals surface area contributed by atoms with Gasteiger partial charge < -0.3 is 10.1 Å². The molecule has 1 atom stereocenters. The first-order chi connectivity index (χ1) is 16.1. The third kappa shape index (κ3) is 4.82. The predicted octanol–water partition coefficient (Wildman–Crippen LogP) is 3.97. The number of carbonyl (C=O) groups is 1. The predicted molar refractivity (Wildman–Crippen MR) is 118 cm³/mol. The van der Waals surface area contributed by atoms with Crippen LogP contribution in [0.25, 0.3) is 10.9 Å². The van der Waals surface area contributed by atoms with Crippen molar-refractivity contribution in [2.75, 3.05) is 25.5 Å². The molecular weight excluding hydrogens is 473 g/mol. The minimum absolute atomic E-state index is 0.00657. The summed E-state index contributed by atoms with van der Waals surface area (Å²) < 4.78 is 71.8. The number of nitrogens with zero attached hydrogens (tertiary/aromatic N) is 3. The fourth-order valence-electron chi connectivity index (χ4n) is 3.81. The van der Waals surface area contributed by atoms with Crippen LogP contribution in [0.15, 0.2) is 53.4 Å². The Bertz CT molecular complexity index is 1310. The van der Waals surface area contributed by atoms with Crippen LogP contribution < -0.4 is 5.32 Å². The Morgan fingerprint density at radius 2 is 1.82 bits per heavy atom. The van der Waals surface area contributed by atoms with E-state index < -0.39 is 33.9 Å². The van der Waals surface area contributed by atoms with E-state index in [4.69, 9.17) is 4.74 Å². The average Bonchev–Trinajstić information content (AvgIpc) is 2.83. The lowest BCUT2D eigenvalue weighted by Gasteiger charge is -2.30. The van der Waals surface area contributed by atoms with E-state index >= 15 is 0 Å². The standard InChI is InChI=1S/C22H21F3N4O4S/c1-33-20(30)14-5-4-12-29(13-14)34(31,32)16-10-8-15(9-11-16)26-19-17-6-2-3-7-18(17)27-21(28-19)22(23,24)25/h2-3,6-11,14H,4-5,12-13H2,1H3,(H,26,27,28). The molecule has 0 radical (unpaired) electrons. The molecule has 1 N–H and O–H groups in total. The van der Waals surface area contributed by atoms with E-state index in [0.717, 1.165) is 0 Å². The van der Waals surface area contributed by atoms with Gasteiger partial charge in [0.25, 0.3) is 0 Å². The molecule has 2 aromatic carbocycles. The summed E-state index contributed by atoms with van der Waals surface area (Å²) in [6.45, 7) is 0.311. The van der Waals surface area contributed by atoms with Crippen LogP contribution in [0.4, 0.5) is 24.7 Å². The van der Waals surface area contributed by atoms with Gasteiger partial charge in [-0.3, -0.25) is 4.79 Å². The van der Waals surface area contributed by atoms with E-state index in [1.165, 1.54) is 41.7 Å². The van der Waals surface area contributed by atoms with E-state index in [0.29, 0.717) is 23.9 Å². The zero-order valence-corrected chi connectivity index (χ0v) is 18.9. The van der Waals surface area contributed by atoms with Gasteiger partial charge in [0.15, 0.2) is 0 Å². The highest BCUT2D eigenvalue weighted by Crippen LogP contribution is 2.32. The van der Waals surface area contributed by atoms with Crippen molar-refractivity contribution in [3.63, 3.8) is 0 Å². The highest BCUT2D eigenvalue weighted by molar-refractivity contribution is 7.89. The van der Waals surface area contributed by atoms with Gasteiger partial charge in [0.05, 0.1) is 23.4 Å². The highest BCUT2D eigenvalue weighted by atomic mass is 32.2. The first-order valence-corrected chi connectivity index (χ1v) is 11.8. The van der Waals surface area contributed by atoms with Crippen molar-refractivity contribution in [3.8, 4) is 0 Å². The Morgan fingerprint density at radius 1 is 1.12 bits per heavy atom. The number of hydrogen-bond acceptors (Lipinski definition) is 7. The quantitative estimate of drug-likeness (QED) is 0.536. The van der Waals surface area contributed by atoms with E-state index in [2.05, 4.69) is 15.3 Å². The fraction of sp³-hybridized carbons (Fsp3) is 0.318. The molecule has 34 heavy (non-hydrogen) atoms. The van der Waals surface area contributed by atoms with Crippen molar-refractivity contribution < 1.29 is 31.1 Å². The fourth-order valence-corrected chi connectivity index (χ4v) is 5.34. The van der Waals surface area contributed by atoms with Crippen molar-refractivity contribution in [1.29, 1.82) is 0 Å². The first kappa shape index (κ1) is 23.9. The molecule has 0 spiro atoms. The number of benzene rings is 2. The van der Waals surface area contributed by atoms with Crippen LogP contribution >= 0.6 is 0 Å². The molecule has 0 bridgehead atoms. The molecule has 1 saturated heterocycles. The number of piperidine rings is 1. The minimum atomic E-state index is -4.73. The van der Waals surface area contributed by atoms with Gasteiger partial charge in [-0.1, -0.05) is 12.1 Å². The van der Waals surface area contributed by atoms with E-state index in [1.54, 1.807) is 18.2 Å². The Morgan fingerprint density at radius 3 is 2.50 bits per heavy atom. The monoisotopic (exact) mass is 494 g/mol. The summed E-state index contributed by atoms with van der Waals surface area (Å²) >= 11 is 0. The first-order valence-electron chi connectivity index (χ1n) is 10.4. The molecule has 8 nitrogen and oxygen atoms in total. The molecule has 12 heteroatoms. The van der Waals surface area contributed by atoms with Crippen molar-refractivity contribution >= 4 is 38.4 Å². The largest absolute Gasteiger partial charge is 0.469 e. The number of sulfonamides is 1. The molecular formula is C22H21F3N4O4S. The van der Waals surface area contributed by atoms with Crippen LogP contribution in [0.5, 0.6) is 0 Å². The molecule has 2 heterocycles. The number of aromatic nitrogens is 2. The van der Waals surface area contributed by atoms with Crippen LogP contribution in [-0.2, 0) is 25.7 Å². The molecule has 0 saturated carbocycles. The van der Waals surface area contributed by atoms with Crippen molar-refractivity contribution in [1.82, 2.24) is 14.3 Å². The number of alkyl halides is 3. The van der Waals surface area contributed by atoms with Gasteiger partial charge in [-0.05, 0) is 49.2 Å². The summed E-state index contributed by atoms with van der Waals surface area (Å²) in [4.78, 5) is 19.1. The molecule has 1 aliphatic heterocycles. The lowest BCUT2D eigenvalue weighted by Crippen LogP contribution is -2.42. The van der Waals surface area contributed by atoms with Crippen LogP contribution in [0.3, 0.4) is 0 Å². The van der Waals surface area contributed by atoms with Gasteiger partial charge in [0.1, 0.15) is 5.82 Å². The summed E-state index contributed by atoms with van der Waals surface area (Å²) in [5, 5.41) is 3.21. The zero-order valence-electron chi connectivity index (χ0n) is 18.0. The number of nitrogens with one attached hydrogen (secondary N) is 1. The highest BCUT2D eigenvalue weighted by Gasteiger charge is 2.36. The van der Waals surface area contributed by atoms with Gasteiger partial charge in [0, 0.05) is 24.2 Å². The number of ether oxygens (including phenoxy) is 1. The summed E-state index contributed by atoms with van der Waals surface area (Å²) in [6.07, 6.45) is -3.65. The minimum Gasteiger partial charge on any atom is -0.469 e. The summed E-state index contributed by atoms with van der Waals surface area (Å²) in [7, 11) is -2.60. The van der Waals surface area contributed by atoms with E-state index in [-0.39, 0.29) is 29.3 Å². The summed E-state index contributed by atoms with van der Waals surface area (Å²) in [5.74, 6) is -2.30. The van der Waals surface area contributed by atoms with Gasteiger partial charge in [0.2, 0.25) is 15.8 Å². The van der Waals surface area contributed by atoms with Gasteiger partial charge >= 0.3 is 12.1 Å². The Labute approximate surface area is 193 Å². The van der Waals surface area contributed by atoms with E-state index in [9.17, 15) is 26.4 Å². The number of esters is 1. The van der Waals surface area contributed by atoms with Gasteiger partial charge in [-0.2, -0.15) is 17.5 Å². The normalized spacial score (nSPS) is 17.5. The molecule has 0 aliphatic carbocycles. The molecule has 1 aliphatic rings. The number of fused-ring (bicyclic) bond motifs is 1. The lowest BCUT2D eigenvalue weighted by molar-refractivity contribution is -0.146. The molecule has 1 aromatic heterocycles. The third-order valence-corrected chi connectivity index (χ3v) is 7.41. The molecule has 3 aromatic rings. The van der Waals surface area contributed by atoms with Crippen LogP contribution in [-0.4, -0.2) is 48.9 Å². The zero-order chi connectivity index (χ0) is 24.5. The van der Waals surface area contributed by atoms with Crippen LogP contribution in [0, 0.1) is 5.92 Å². The number of para-hydroxylation sites is 1. The second kappa shape index (κ2) is 9.18. The second-order valence-electron chi connectivity index (χ2n) is 7.79. The van der Waals surface area contributed by atoms with E-state index in [1.807, 2.05) is 0 Å². The topological polar surface area (TPSA) is 101 Å². The molecule has 4 rings (SSSR count). The smallest absolute Gasteiger partial charge is 0.451 e. The third-order valence-electron chi connectivity index (χ3n) is 5.53. The van der Waals surface area contributed by atoms with Crippen molar-refractivity contribution in [3.05, 3.63) is 54.4 Å². The second-order valence-corrected chi connectivity index (χ2v) is 9.72. The van der Waals surface area contributed by atoms with Crippen LogP contribution in [0.1, 0.15) is 18.7 Å². The number of halogens is 3. The summed E-state index contributed by atoms with van der Waals surface area (Å²) in [6, 6.07) is 11.9. The number of hydrogen-bond donors (Lipinski definition) is 1. The maximum Gasteiger partial charge on any atom is 0.451 e. The van der Waals surface area contributed by atoms with Crippen molar-refractivity contribution in [2.45, 2.75) is 23.9 Å². The molecule has 1 fully saturated rings. The van der Waals surface area contributed by atoms with Crippen LogP contribution in [0.2, 0.25) is 0 Å². The van der Waals surface area contributed by atoms with Gasteiger partial charge in [-0.15, -0.1) is 0 Å². The Kier molecular flexibility index (Phi) is 6.45. The SMILES string of the molecule is COC(=O)C1CCCN(S(=O)(=O)c2ccc(Nc3nc(C(F)(F)F)nc4ccccc34)cc2)C1. The number of anilines is 2. The summed E-state index contributed by atoms with van der Waals surface area (Å²) in [5.41, 5.74) is 0.471. The molecule has 0 amide bonds. The number of methoxy groups -OCH3 is 1. The molecule has 1 unspecified atom stereocenters. The number of rotatable bonds is 5. The lowest BCUT2D eigenvalue weighted by atomic mass is 10.0. The Hall–Kier alpha value is -3.25. The van der Waals surface area contributed by atoms with Gasteiger partial charge in [-0.25, -0.2) is 18.4 Å². The number of carbonyl (C=O) groups excluding carboxylic acids is 1. The van der Waals surface area contributed by atoms with Crippen molar-refractivity contribution in [2.24, 2.45) is 5.92 Å². The molecule has 180 valence electrons. The maximum absolute atomic E-state index is 13.2. The average molecular weight is 494 g/mol.